The minimum Gasteiger partial charge on any atom is -0.492 e. The van der Waals surface area contributed by atoms with Crippen molar-refractivity contribution >= 4 is 5.97 Å². The number of pyridine rings is 1. The van der Waals surface area contributed by atoms with Crippen molar-refractivity contribution in [2.45, 2.75) is 13.8 Å². The molecule has 1 N–H and O–H groups in total. The number of methoxy groups -OCH3 is 1. The van der Waals surface area contributed by atoms with Gasteiger partial charge in [0.15, 0.2) is 0 Å². The van der Waals surface area contributed by atoms with Gasteiger partial charge in [0.25, 0.3) is 0 Å². The highest BCUT2D eigenvalue weighted by Crippen LogP contribution is 2.32. The summed E-state index contributed by atoms with van der Waals surface area (Å²) in [6, 6.07) is 21.3. The summed E-state index contributed by atoms with van der Waals surface area (Å²) in [7, 11) is 1.37. The van der Waals surface area contributed by atoms with Crippen LogP contribution < -0.4 is 9.47 Å². The maximum atomic E-state index is 11.8. The number of hydrogen-bond acceptors (Lipinski definition) is 6. The number of hydrogen-bond donors (Lipinski definition) is 1. The normalized spacial score (nSPS) is 11.1. The predicted molar refractivity (Wildman–Crippen MR) is 135 cm³/mol. The van der Waals surface area contributed by atoms with Crippen molar-refractivity contribution in [1.29, 1.82) is 0 Å². The van der Waals surface area contributed by atoms with Crippen molar-refractivity contribution in [3.63, 3.8) is 0 Å². The molecule has 0 saturated carbocycles. The van der Waals surface area contributed by atoms with E-state index in [1.165, 1.54) is 13.4 Å². The Morgan fingerprint density at radius 1 is 1.00 bits per heavy atom. The number of H-pyrrole nitrogens is 1. The molecule has 0 amide bonds. The molecule has 4 aromatic rings. The molecule has 2 aromatic carbocycles. The lowest BCUT2D eigenvalue weighted by atomic mass is 9.95. The Hall–Kier alpha value is -4.39. The Kier molecular flexibility index (Phi) is 6.96. The highest BCUT2D eigenvalue weighted by Gasteiger charge is 2.29. The molecule has 7 nitrogen and oxygen atoms in total. The van der Waals surface area contributed by atoms with Crippen LogP contribution in [-0.2, 0) is 9.53 Å². The molecular weight excluding hydrogens is 442 g/mol. The number of nitrogens with zero attached hydrogens (tertiary/aromatic N) is 2. The van der Waals surface area contributed by atoms with E-state index in [4.69, 9.17) is 14.2 Å². The van der Waals surface area contributed by atoms with Crippen molar-refractivity contribution in [2.24, 2.45) is 5.41 Å². The third-order valence-electron chi connectivity index (χ3n) is 5.45. The highest BCUT2D eigenvalue weighted by molar-refractivity contribution is 5.76. The summed E-state index contributed by atoms with van der Waals surface area (Å²) in [6.45, 7) is 7.43. The van der Waals surface area contributed by atoms with Gasteiger partial charge in [-0.05, 0) is 50.2 Å². The van der Waals surface area contributed by atoms with Crippen LogP contribution in [0.2, 0.25) is 0 Å². The van der Waals surface area contributed by atoms with E-state index in [0.717, 1.165) is 28.1 Å². The van der Waals surface area contributed by atoms with Crippen LogP contribution in [0.25, 0.3) is 33.9 Å². The minimum absolute atomic E-state index is 0.220. The number of imidazole rings is 1. The van der Waals surface area contributed by atoms with Gasteiger partial charge in [0, 0.05) is 22.9 Å². The molecule has 4 rings (SSSR count). The molecule has 0 radical (unpaired) electrons. The molecule has 0 aliphatic heterocycles. The zero-order chi connectivity index (χ0) is 24.8. The zero-order valence-corrected chi connectivity index (χ0v) is 19.9. The van der Waals surface area contributed by atoms with Gasteiger partial charge in [0.1, 0.15) is 23.9 Å². The number of nitrogens with one attached hydrogen (secondary N) is 1. The average Bonchev–Trinajstić information content (AvgIpc) is 3.32. The minimum atomic E-state index is -0.729. The van der Waals surface area contributed by atoms with Gasteiger partial charge in [0.2, 0.25) is 5.88 Å². The standard InChI is InChI=1S/C28H27N3O4/c1-5-34-26-24(20-9-7-6-8-10-20)30-25(31-26)21-13-16-23(29-17-21)19-11-14-22(15-12-19)35-18-28(2,3)27(32)33-4/h5-17H,1,18H2,2-4H3,(H,30,31). The Morgan fingerprint density at radius 3 is 2.34 bits per heavy atom. The van der Waals surface area contributed by atoms with E-state index in [2.05, 4.69) is 21.5 Å². The summed E-state index contributed by atoms with van der Waals surface area (Å²) in [5.41, 5.74) is 3.59. The smallest absolute Gasteiger partial charge is 0.314 e. The van der Waals surface area contributed by atoms with Gasteiger partial charge < -0.3 is 19.2 Å². The third-order valence-corrected chi connectivity index (χ3v) is 5.45. The van der Waals surface area contributed by atoms with Crippen LogP contribution >= 0.6 is 0 Å². The molecule has 2 aromatic heterocycles. The van der Waals surface area contributed by atoms with Gasteiger partial charge in [-0.2, -0.15) is 4.98 Å². The van der Waals surface area contributed by atoms with Crippen LogP contribution in [0.4, 0.5) is 0 Å². The number of esters is 1. The first kappa shape index (κ1) is 23.8. The molecule has 35 heavy (non-hydrogen) atoms. The largest absolute Gasteiger partial charge is 0.492 e. The van der Waals surface area contributed by atoms with Crippen molar-refractivity contribution < 1.29 is 19.0 Å². The molecule has 178 valence electrons. The topological polar surface area (TPSA) is 86.3 Å². The fraction of sp³-hybridized carbons (Fsp3) is 0.179. The number of carbonyl (C=O) groups excluding carboxylic acids is 1. The van der Waals surface area contributed by atoms with Crippen molar-refractivity contribution in [3.05, 3.63) is 85.8 Å². The van der Waals surface area contributed by atoms with Crippen LogP contribution in [0.5, 0.6) is 11.6 Å². The summed E-state index contributed by atoms with van der Waals surface area (Å²) in [4.78, 5) is 24.3. The lowest BCUT2D eigenvalue weighted by molar-refractivity contribution is -0.152. The van der Waals surface area contributed by atoms with Crippen LogP contribution in [0, 0.1) is 5.41 Å². The predicted octanol–water partition coefficient (Wildman–Crippen LogP) is 5.91. The van der Waals surface area contributed by atoms with Gasteiger partial charge in [-0.25, -0.2) is 0 Å². The Balaban J connectivity index is 1.49. The number of aromatic nitrogens is 3. The Morgan fingerprint density at radius 2 is 1.71 bits per heavy atom. The summed E-state index contributed by atoms with van der Waals surface area (Å²) >= 11 is 0. The monoisotopic (exact) mass is 469 g/mol. The van der Waals surface area contributed by atoms with Gasteiger partial charge in [-0.15, -0.1) is 0 Å². The molecule has 0 fully saturated rings. The number of rotatable bonds is 9. The fourth-order valence-corrected chi connectivity index (χ4v) is 3.48. The second-order valence-electron chi connectivity index (χ2n) is 8.54. The van der Waals surface area contributed by atoms with Crippen molar-refractivity contribution in [1.82, 2.24) is 15.0 Å². The molecular formula is C28H27N3O4. The van der Waals surface area contributed by atoms with Gasteiger partial charge in [-0.1, -0.05) is 36.9 Å². The summed E-state index contributed by atoms with van der Waals surface area (Å²) in [5.74, 6) is 1.46. The highest BCUT2D eigenvalue weighted by atomic mass is 16.5. The zero-order valence-electron chi connectivity index (χ0n) is 19.9. The SMILES string of the molecule is C=COc1nc(-c2ccc(-c3ccc(OCC(C)(C)C(=O)OC)cc3)nc2)[nH]c1-c1ccccc1. The van der Waals surface area contributed by atoms with Crippen LogP contribution in [0.15, 0.2) is 85.8 Å². The van der Waals surface area contributed by atoms with Crippen molar-refractivity contribution in [2.75, 3.05) is 13.7 Å². The van der Waals surface area contributed by atoms with E-state index in [0.29, 0.717) is 17.5 Å². The first-order valence-corrected chi connectivity index (χ1v) is 11.1. The van der Waals surface area contributed by atoms with Gasteiger partial charge in [0.05, 0.1) is 24.5 Å². The van der Waals surface area contributed by atoms with Gasteiger partial charge >= 0.3 is 5.97 Å². The van der Waals surface area contributed by atoms with E-state index in [1.54, 1.807) is 20.0 Å². The molecule has 0 atom stereocenters. The number of carbonyl (C=O) groups is 1. The maximum absolute atomic E-state index is 11.8. The molecule has 2 heterocycles. The molecule has 0 unspecified atom stereocenters. The Bertz CT molecular complexity index is 1290. The first-order valence-electron chi connectivity index (χ1n) is 11.1. The molecule has 7 heteroatoms. The fourth-order valence-electron chi connectivity index (χ4n) is 3.48. The van der Waals surface area contributed by atoms with E-state index < -0.39 is 5.41 Å². The molecule has 0 aliphatic carbocycles. The summed E-state index contributed by atoms with van der Waals surface area (Å²) < 4.78 is 16.1. The van der Waals surface area contributed by atoms with Gasteiger partial charge in [-0.3, -0.25) is 9.78 Å². The lowest BCUT2D eigenvalue weighted by Crippen LogP contribution is -2.32. The second-order valence-corrected chi connectivity index (χ2v) is 8.54. The average molecular weight is 470 g/mol. The second kappa shape index (κ2) is 10.3. The third kappa shape index (κ3) is 5.41. The van der Waals surface area contributed by atoms with E-state index >= 15 is 0 Å². The molecule has 0 spiro atoms. The maximum Gasteiger partial charge on any atom is 0.314 e. The van der Waals surface area contributed by atoms with E-state index in [-0.39, 0.29) is 12.6 Å². The molecule has 0 saturated heterocycles. The molecule has 0 bridgehead atoms. The van der Waals surface area contributed by atoms with Crippen LogP contribution in [-0.4, -0.2) is 34.6 Å². The van der Waals surface area contributed by atoms with Crippen molar-refractivity contribution in [3.8, 4) is 45.5 Å². The molecule has 0 aliphatic rings. The number of benzene rings is 2. The van der Waals surface area contributed by atoms with Crippen LogP contribution in [0.3, 0.4) is 0 Å². The van der Waals surface area contributed by atoms with E-state index in [1.807, 2.05) is 66.7 Å². The lowest BCUT2D eigenvalue weighted by Gasteiger charge is -2.21. The summed E-state index contributed by atoms with van der Waals surface area (Å²) in [6.07, 6.45) is 3.13. The number of aromatic amines is 1. The Labute approximate surface area is 204 Å². The number of ether oxygens (including phenoxy) is 3. The van der Waals surface area contributed by atoms with E-state index in [9.17, 15) is 4.79 Å². The summed E-state index contributed by atoms with van der Waals surface area (Å²) in [5, 5.41) is 0. The first-order chi connectivity index (χ1) is 16.9. The van der Waals surface area contributed by atoms with Crippen LogP contribution in [0.1, 0.15) is 13.8 Å². The quantitative estimate of drug-likeness (QED) is 0.242.